The fourth-order valence-electron chi connectivity index (χ4n) is 5.90. The van der Waals surface area contributed by atoms with Crippen molar-refractivity contribution in [2.75, 3.05) is 7.11 Å². The van der Waals surface area contributed by atoms with Crippen molar-refractivity contribution in [2.24, 2.45) is 17.3 Å². The molecule has 5 heteroatoms. The van der Waals surface area contributed by atoms with E-state index in [2.05, 4.69) is 13.8 Å². The number of ketones is 2. The molecule has 3 atom stereocenters. The minimum atomic E-state index is -1.66. The van der Waals surface area contributed by atoms with Gasteiger partial charge in [0, 0.05) is 24.0 Å². The van der Waals surface area contributed by atoms with E-state index in [1.54, 1.807) is 0 Å². The largest absolute Gasteiger partial charge is 0.492 e. The van der Waals surface area contributed by atoms with E-state index in [1.165, 1.54) is 7.11 Å². The summed E-state index contributed by atoms with van der Waals surface area (Å²) in [4.78, 5) is 26.5. The van der Waals surface area contributed by atoms with Crippen LogP contribution in [0.3, 0.4) is 0 Å². The standard InChI is InChI=1S/C21H28O5/c1-11(2)14-17(23)15-12(16(22)18(14)25-5)9-20-8-6-7-19(3,4)13(20)10-21(15,24)26-20/h11,13,24H,6-10H2,1-5H3/t13-,20+,21+/m1/s1. The maximum Gasteiger partial charge on any atom is 0.224 e. The van der Waals surface area contributed by atoms with Gasteiger partial charge in [0.1, 0.15) is 0 Å². The Labute approximate surface area is 154 Å². The molecule has 2 aliphatic heterocycles. The van der Waals surface area contributed by atoms with Crippen LogP contribution in [0, 0.1) is 17.3 Å². The van der Waals surface area contributed by atoms with E-state index in [0.717, 1.165) is 19.3 Å². The molecule has 0 radical (unpaired) electrons. The number of rotatable bonds is 2. The Morgan fingerprint density at radius 1 is 1.19 bits per heavy atom. The van der Waals surface area contributed by atoms with Gasteiger partial charge in [-0.25, -0.2) is 0 Å². The molecule has 2 fully saturated rings. The van der Waals surface area contributed by atoms with E-state index in [4.69, 9.17) is 9.47 Å². The highest BCUT2D eigenvalue weighted by atomic mass is 16.6. The van der Waals surface area contributed by atoms with Crippen LogP contribution in [0.1, 0.15) is 59.8 Å². The Bertz CT molecular complexity index is 771. The third-order valence-electron chi connectivity index (χ3n) is 7.00. The second kappa shape index (κ2) is 5.29. The number of hydrogen-bond acceptors (Lipinski definition) is 5. The highest BCUT2D eigenvalue weighted by Gasteiger charge is 2.67. The zero-order valence-electron chi connectivity index (χ0n) is 16.3. The summed E-state index contributed by atoms with van der Waals surface area (Å²) in [7, 11) is 1.43. The van der Waals surface area contributed by atoms with Gasteiger partial charge in [-0.2, -0.15) is 0 Å². The number of aliphatic hydroxyl groups is 1. The molecule has 2 bridgehead atoms. The molecule has 1 spiro atoms. The van der Waals surface area contributed by atoms with E-state index in [0.29, 0.717) is 24.0 Å². The van der Waals surface area contributed by atoms with Crippen molar-refractivity contribution < 1.29 is 24.2 Å². The number of methoxy groups -OCH3 is 1. The van der Waals surface area contributed by atoms with Crippen molar-refractivity contribution >= 4 is 11.6 Å². The molecule has 4 aliphatic rings. The number of Topliss-reactive ketones (excluding diaryl/α,β-unsaturated/α-hetero) is 2. The van der Waals surface area contributed by atoms with E-state index >= 15 is 0 Å². The first-order valence-corrected chi connectivity index (χ1v) is 9.60. The summed E-state index contributed by atoms with van der Waals surface area (Å²) < 4.78 is 11.6. The lowest BCUT2D eigenvalue weighted by molar-refractivity contribution is -0.220. The zero-order valence-corrected chi connectivity index (χ0v) is 16.3. The number of carbonyl (C=O) groups excluding carboxylic acids is 2. The molecule has 1 saturated heterocycles. The highest BCUT2D eigenvalue weighted by Crippen LogP contribution is 2.64. The average Bonchev–Trinajstić information content (AvgIpc) is 2.78. The molecule has 2 heterocycles. The van der Waals surface area contributed by atoms with Crippen LogP contribution in [-0.4, -0.2) is 35.2 Å². The summed E-state index contributed by atoms with van der Waals surface area (Å²) in [5, 5.41) is 11.4. The third-order valence-corrected chi connectivity index (χ3v) is 7.00. The number of carbonyl (C=O) groups is 2. The van der Waals surface area contributed by atoms with Crippen LogP contribution in [0.2, 0.25) is 0 Å². The van der Waals surface area contributed by atoms with Gasteiger partial charge in [0.05, 0.1) is 18.3 Å². The summed E-state index contributed by atoms with van der Waals surface area (Å²) in [6.07, 6.45) is 3.64. The zero-order chi connectivity index (χ0) is 19.1. The molecule has 4 rings (SSSR count). The van der Waals surface area contributed by atoms with Crippen molar-refractivity contribution in [3.05, 3.63) is 22.5 Å². The number of ether oxygens (including phenoxy) is 2. The smallest absolute Gasteiger partial charge is 0.224 e. The van der Waals surface area contributed by atoms with Gasteiger partial charge >= 0.3 is 0 Å². The quantitative estimate of drug-likeness (QED) is 0.766. The average molecular weight is 360 g/mol. The second-order valence-electron chi connectivity index (χ2n) is 9.34. The SMILES string of the molecule is COC1=C(C(C)C)C(=O)C2=C(C[C@@]34CCCC(C)(C)[C@H]3C[C@]2(O)O4)C1=O. The molecular weight excluding hydrogens is 332 g/mol. The third kappa shape index (κ3) is 2.10. The van der Waals surface area contributed by atoms with Crippen LogP contribution in [-0.2, 0) is 19.1 Å². The first-order valence-electron chi connectivity index (χ1n) is 9.60. The van der Waals surface area contributed by atoms with Crippen LogP contribution < -0.4 is 0 Å². The van der Waals surface area contributed by atoms with Crippen LogP contribution >= 0.6 is 0 Å². The van der Waals surface area contributed by atoms with Crippen molar-refractivity contribution in [2.45, 2.75) is 71.2 Å². The Kier molecular flexibility index (Phi) is 3.65. The minimum Gasteiger partial charge on any atom is -0.492 e. The molecule has 0 amide bonds. The first kappa shape index (κ1) is 17.9. The molecule has 142 valence electrons. The number of fused-ring (bicyclic) bond motifs is 2. The van der Waals surface area contributed by atoms with Gasteiger partial charge in [-0.1, -0.05) is 34.1 Å². The van der Waals surface area contributed by atoms with Gasteiger partial charge in [0.2, 0.25) is 5.78 Å². The lowest BCUT2D eigenvalue weighted by Gasteiger charge is -2.49. The topological polar surface area (TPSA) is 72.8 Å². The monoisotopic (exact) mass is 360 g/mol. The van der Waals surface area contributed by atoms with Gasteiger partial charge < -0.3 is 14.6 Å². The molecule has 2 aliphatic carbocycles. The molecule has 1 N–H and O–H groups in total. The van der Waals surface area contributed by atoms with Gasteiger partial charge in [-0.05, 0) is 30.1 Å². The lowest BCUT2D eigenvalue weighted by Crippen LogP contribution is -2.51. The molecule has 0 aromatic heterocycles. The number of hydrogen-bond donors (Lipinski definition) is 1. The lowest BCUT2D eigenvalue weighted by atomic mass is 9.60. The van der Waals surface area contributed by atoms with Gasteiger partial charge in [0.15, 0.2) is 17.3 Å². The van der Waals surface area contributed by atoms with Crippen LogP contribution in [0.15, 0.2) is 22.5 Å². The van der Waals surface area contributed by atoms with E-state index in [1.807, 2.05) is 13.8 Å². The molecular formula is C21H28O5. The Balaban J connectivity index is 1.87. The van der Waals surface area contributed by atoms with Crippen molar-refractivity contribution in [1.82, 2.24) is 0 Å². The minimum absolute atomic E-state index is 0.00182. The molecule has 5 nitrogen and oxygen atoms in total. The van der Waals surface area contributed by atoms with Crippen molar-refractivity contribution in [1.29, 1.82) is 0 Å². The highest BCUT2D eigenvalue weighted by molar-refractivity contribution is 6.25. The maximum absolute atomic E-state index is 13.3. The number of allylic oxidation sites excluding steroid dienone is 2. The fourth-order valence-corrected chi connectivity index (χ4v) is 5.90. The van der Waals surface area contributed by atoms with Crippen LogP contribution in [0.5, 0.6) is 0 Å². The molecule has 0 unspecified atom stereocenters. The maximum atomic E-state index is 13.3. The van der Waals surface area contributed by atoms with Crippen LogP contribution in [0.4, 0.5) is 0 Å². The molecule has 0 aromatic rings. The van der Waals surface area contributed by atoms with Crippen molar-refractivity contribution in [3.8, 4) is 0 Å². The first-order chi connectivity index (χ1) is 12.1. The van der Waals surface area contributed by atoms with Gasteiger partial charge in [0.25, 0.3) is 0 Å². The summed E-state index contributed by atoms with van der Waals surface area (Å²) in [5.74, 6) is -2.12. The van der Waals surface area contributed by atoms with Crippen molar-refractivity contribution in [3.63, 3.8) is 0 Å². The summed E-state index contributed by atoms with van der Waals surface area (Å²) in [6, 6.07) is 0. The summed E-state index contributed by atoms with van der Waals surface area (Å²) >= 11 is 0. The summed E-state index contributed by atoms with van der Waals surface area (Å²) in [5.41, 5.74) is 0.368. The Morgan fingerprint density at radius 2 is 1.88 bits per heavy atom. The molecule has 1 saturated carbocycles. The molecule has 26 heavy (non-hydrogen) atoms. The van der Waals surface area contributed by atoms with E-state index in [9.17, 15) is 14.7 Å². The predicted octanol–water partition coefficient (Wildman–Crippen LogP) is 3.07. The normalized spacial score (nSPS) is 38.7. The van der Waals surface area contributed by atoms with E-state index < -0.39 is 11.4 Å². The fraction of sp³-hybridized carbons (Fsp3) is 0.714. The van der Waals surface area contributed by atoms with Gasteiger partial charge in [-0.15, -0.1) is 0 Å². The summed E-state index contributed by atoms with van der Waals surface area (Å²) in [6.45, 7) is 8.12. The van der Waals surface area contributed by atoms with Crippen LogP contribution in [0.25, 0.3) is 0 Å². The van der Waals surface area contributed by atoms with Gasteiger partial charge in [-0.3, -0.25) is 9.59 Å². The molecule has 0 aromatic carbocycles. The Hall–Kier alpha value is -1.46. The second-order valence-corrected chi connectivity index (χ2v) is 9.34. The predicted molar refractivity (Wildman–Crippen MR) is 95.0 cm³/mol. The Morgan fingerprint density at radius 3 is 2.50 bits per heavy atom. The van der Waals surface area contributed by atoms with E-state index in [-0.39, 0.29) is 40.1 Å².